The molecule has 2 aliphatic heterocycles. The molecule has 0 aromatic heterocycles. The van der Waals surface area contributed by atoms with E-state index in [1.54, 1.807) is 34.3 Å². The van der Waals surface area contributed by atoms with E-state index in [1.807, 2.05) is 27.2 Å². The summed E-state index contributed by atoms with van der Waals surface area (Å²) < 4.78 is 29.7. The number of aliphatic hydroxyl groups is 2. The molecule has 9 radical (unpaired) electrons. The summed E-state index contributed by atoms with van der Waals surface area (Å²) in [6.07, 6.45) is -0.689. The van der Waals surface area contributed by atoms with Crippen LogP contribution in [0.15, 0.2) is 0 Å². The summed E-state index contributed by atoms with van der Waals surface area (Å²) in [4.78, 5) is 77.1. The van der Waals surface area contributed by atoms with Crippen LogP contribution in [0.4, 0.5) is 0 Å². The Kier molecular flexibility index (Phi) is 69.6. The minimum atomic E-state index is -0.972. The van der Waals surface area contributed by atoms with Gasteiger partial charge < -0.3 is 47.2 Å². The summed E-state index contributed by atoms with van der Waals surface area (Å²) in [6, 6.07) is 0. The topological polar surface area (TPSA) is 189 Å². The van der Waals surface area contributed by atoms with Crippen molar-refractivity contribution in [3.05, 3.63) is 20.0 Å². The molecule has 0 aromatic rings. The van der Waals surface area contributed by atoms with Crippen LogP contribution in [0.2, 0.25) is 0 Å². The van der Waals surface area contributed by atoms with Gasteiger partial charge in [0.25, 0.3) is 0 Å². The quantitative estimate of drug-likeness (QED) is 0.0742. The van der Waals surface area contributed by atoms with E-state index in [4.69, 9.17) is 23.7 Å². The van der Waals surface area contributed by atoms with Crippen LogP contribution in [-0.2, 0) is 347 Å². The number of aliphatic hydroxyl groups excluding tert-OH is 2. The van der Waals surface area contributed by atoms with Crippen LogP contribution >= 0.6 is 0 Å². The second-order valence-electron chi connectivity index (χ2n) is 15.6. The van der Waals surface area contributed by atoms with Gasteiger partial charge in [-0.3, -0.25) is 28.8 Å². The first-order valence-corrected chi connectivity index (χ1v) is 20.8. The zero-order valence-corrected chi connectivity index (χ0v) is 65.5. The molecule has 0 aromatic carbocycles. The maximum absolute atomic E-state index is 13.7. The Bertz CT molecular complexity index is 1290. The van der Waals surface area contributed by atoms with Crippen molar-refractivity contribution in [3.8, 4) is 0 Å². The van der Waals surface area contributed by atoms with Crippen molar-refractivity contribution >= 4 is 35.1 Å². The van der Waals surface area contributed by atoms with E-state index >= 15 is 0 Å². The summed E-state index contributed by atoms with van der Waals surface area (Å²) >= 11 is 0. The van der Waals surface area contributed by atoms with Crippen molar-refractivity contribution in [1.29, 1.82) is 0 Å². The predicted octanol–water partition coefficient (Wildman–Crippen LogP) is 5.81. The number of ketones is 4. The second kappa shape index (κ2) is 50.8. The van der Waals surface area contributed by atoms with E-state index in [1.165, 1.54) is 0 Å². The molecule has 2 N–H and O–H groups in total. The Hall–Kier alpha value is 7.36. The molecule has 22 heteroatoms. The van der Waals surface area contributed by atoms with E-state index in [9.17, 15) is 39.0 Å². The van der Waals surface area contributed by atoms with Crippen LogP contribution in [0, 0.1) is 49.5 Å². The summed E-state index contributed by atoms with van der Waals surface area (Å²) in [5.41, 5.74) is 0. The summed E-state index contributed by atoms with van der Waals surface area (Å²) in [5.74, 6) is -3.46. The van der Waals surface area contributed by atoms with Crippen molar-refractivity contribution in [2.45, 2.75) is 181 Å². The first kappa shape index (κ1) is 89.0. The van der Waals surface area contributed by atoms with Gasteiger partial charge in [0, 0.05) is 358 Å². The summed E-state index contributed by atoms with van der Waals surface area (Å²) in [6.45, 7) is 18.3. The molecular weight excluding hydrogens is 1520 g/mol. The number of rotatable bonds is 27. The number of ether oxygens (including phenoxy) is 5. The van der Waals surface area contributed by atoms with Crippen molar-refractivity contribution in [2.24, 2.45) is 29.6 Å². The third kappa shape index (κ3) is 36.2. The van der Waals surface area contributed by atoms with Crippen LogP contribution in [0.1, 0.15) is 138 Å². The smallest absolute Gasteiger partial charge is 0.305 e. The van der Waals surface area contributed by atoms with Crippen LogP contribution in [0.25, 0.3) is 0 Å². The Labute approximate surface area is 617 Å². The zero-order chi connectivity index (χ0) is 41.9. The first-order valence-electron chi connectivity index (χ1n) is 20.8. The average Bonchev–Trinajstić information content (AvgIpc) is 3.16. The summed E-state index contributed by atoms with van der Waals surface area (Å²) in [5, 5.41) is 20.2. The van der Waals surface area contributed by atoms with E-state index in [2.05, 4.69) is 6.92 Å². The number of Topliss-reactive ketones (excluding diaryl/α,β-unsaturated/α-hetero) is 4. The number of hydrogen-bond donors (Lipinski definition) is 2. The van der Waals surface area contributed by atoms with Crippen LogP contribution in [-0.4, -0.2) is 94.8 Å². The molecule has 2 heterocycles. The van der Waals surface area contributed by atoms with Gasteiger partial charge in [0.1, 0.15) is 35.3 Å². The van der Waals surface area contributed by atoms with E-state index in [0.29, 0.717) is 25.7 Å². The maximum Gasteiger partial charge on any atom is 0.305 e. The second-order valence-corrected chi connectivity index (χ2v) is 15.6. The fraction of sp³-hybridized carbons (Fsp3) is 0.791. The Morgan fingerprint density at radius 2 is 0.985 bits per heavy atom. The molecular formula is C43H69O13Y9-3. The Balaban J connectivity index is -0.000000602. The molecule has 0 spiro atoms. The Morgan fingerprint density at radius 3 is 1.38 bits per heavy atom. The largest absolute Gasteiger partial charge is 0.572 e. The molecule has 12 atom stereocenters. The fourth-order valence-corrected chi connectivity index (χ4v) is 7.27. The SMILES string of the molecule is [CH2-]C1OC(OCC2[CH-]C(CC(=O)CC(O)CC)C(CC(=O)CC(O)CC)[CH-]O2)C(CC(=O)CC(CC)OC(=O)CC)C(CC(=O)CC(CC)OC(=O)CC)C1C.[Y].[Y].[Y].[Y].[Y].[Y].[Y].[Y].[Y]. The van der Waals surface area contributed by atoms with E-state index in [0.717, 1.165) is 0 Å². The number of carbonyl (C=O) groups excluding carboxylic acids is 6. The molecule has 0 saturated carbocycles. The van der Waals surface area contributed by atoms with E-state index < -0.39 is 72.6 Å². The van der Waals surface area contributed by atoms with Gasteiger partial charge in [-0.15, -0.1) is 0 Å². The third-order valence-corrected chi connectivity index (χ3v) is 11.1. The maximum atomic E-state index is 13.7. The molecule has 13 nitrogen and oxygen atoms in total. The molecule has 2 fully saturated rings. The predicted molar refractivity (Wildman–Crippen MR) is 207 cm³/mol. The van der Waals surface area contributed by atoms with Gasteiger partial charge >= 0.3 is 11.9 Å². The number of esters is 2. The zero-order valence-electron chi connectivity index (χ0n) is 40.0. The molecule has 65 heavy (non-hydrogen) atoms. The van der Waals surface area contributed by atoms with E-state index in [-0.39, 0.29) is 400 Å². The van der Waals surface area contributed by atoms with Crippen LogP contribution in [0.3, 0.4) is 0 Å². The minimum Gasteiger partial charge on any atom is -0.572 e. The molecule has 0 bridgehead atoms. The van der Waals surface area contributed by atoms with Crippen molar-refractivity contribution in [2.75, 3.05) is 6.61 Å². The van der Waals surface area contributed by atoms with Crippen molar-refractivity contribution in [1.82, 2.24) is 0 Å². The average molecular weight is 1590 g/mol. The van der Waals surface area contributed by atoms with Gasteiger partial charge in [-0.25, -0.2) is 6.61 Å². The normalized spacial score (nSPS) is 23.6. The van der Waals surface area contributed by atoms with Crippen LogP contribution in [0.5, 0.6) is 0 Å². The number of carbonyl (C=O) groups is 6. The van der Waals surface area contributed by atoms with Gasteiger partial charge in [0.05, 0.1) is 12.2 Å². The number of hydrogen-bond acceptors (Lipinski definition) is 13. The molecule has 0 amide bonds. The van der Waals surface area contributed by atoms with Gasteiger partial charge in [-0.1, -0.05) is 60.7 Å². The molecule has 2 rings (SSSR count). The van der Waals surface area contributed by atoms with Gasteiger partial charge in [-0.05, 0) is 50.4 Å². The molecule has 2 aliphatic rings. The van der Waals surface area contributed by atoms with Crippen molar-refractivity contribution < 1.29 is 357 Å². The fourth-order valence-electron chi connectivity index (χ4n) is 7.27. The minimum absolute atomic E-state index is 0. The van der Waals surface area contributed by atoms with Gasteiger partial charge in [0.15, 0.2) is 6.29 Å². The molecule has 2 saturated heterocycles. The Morgan fingerprint density at radius 1 is 0.585 bits per heavy atom. The molecule has 0 aliphatic carbocycles. The monoisotopic (exact) mass is 1590 g/mol. The summed E-state index contributed by atoms with van der Waals surface area (Å²) in [7, 11) is 0. The van der Waals surface area contributed by atoms with Gasteiger partial charge in [0.2, 0.25) is 0 Å². The molecule has 12 unspecified atom stereocenters. The standard InChI is InChI=1S/C43H69O13.9Y/c1-9-30(44)18-32(46)15-28-17-38(52-24-29(28)16-33(47)19-31(45)10-2)25-53-43-40(23-35(49)21-37(12-4)56-42(51)14-6)39(26(7)27(8)54-43)22-34(48)20-36(11-3)55-41(50)13-5;;;;;;;;;/h17,24,26-31,36-40,43-45H,8-16,18-23,25H2,1-7H3;;;;;;;;;/q-3;;;;;;;;;. The first-order chi connectivity index (χ1) is 26.6. The third-order valence-electron chi connectivity index (χ3n) is 11.1. The molecule has 349 valence electrons. The van der Waals surface area contributed by atoms with Crippen LogP contribution < -0.4 is 0 Å². The van der Waals surface area contributed by atoms with Gasteiger partial charge in [-0.2, -0.15) is 11.8 Å². The van der Waals surface area contributed by atoms with Crippen molar-refractivity contribution in [3.63, 3.8) is 0 Å².